The van der Waals surface area contributed by atoms with Crippen LogP contribution >= 0.6 is 0 Å². The molecule has 1 aromatic carbocycles. The molecule has 0 atom stereocenters. The van der Waals surface area contributed by atoms with Crippen LogP contribution in [0.5, 0.6) is 0 Å². The Morgan fingerprint density at radius 2 is 1.79 bits per heavy atom. The summed E-state index contributed by atoms with van der Waals surface area (Å²) in [5.74, 6) is -0.0925. The average molecular weight is 211 g/mol. The van der Waals surface area contributed by atoms with E-state index < -0.39 is 9.84 Å². The van der Waals surface area contributed by atoms with Gasteiger partial charge < -0.3 is 0 Å². The number of rotatable bonds is 3. The van der Waals surface area contributed by atoms with Crippen molar-refractivity contribution in [2.24, 2.45) is 0 Å². The first-order chi connectivity index (χ1) is 6.45. The quantitative estimate of drug-likeness (QED) is 0.712. The fourth-order valence-corrected chi connectivity index (χ4v) is 1.66. The lowest BCUT2D eigenvalue weighted by atomic mass is 10.1. The second-order valence-electron chi connectivity index (χ2n) is 2.97. The molecule has 0 aromatic heterocycles. The van der Waals surface area contributed by atoms with E-state index in [9.17, 15) is 13.2 Å². The van der Waals surface area contributed by atoms with Crippen LogP contribution in [0.2, 0.25) is 0 Å². The molecule has 1 rings (SSSR count). The summed E-state index contributed by atoms with van der Waals surface area (Å²) in [5.41, 5.74) is 0.493. The van der Waals surface area contributed by atoms with Crippen molar-refractivity contribution in [2.75, 3.05) is 6.26 Å². The van der Waals surface area contributed by atoms with Crippen LogP contribution in [0.1, 0.15) is 16.8 Å². The highest BCUT2D eigenvalue weighted by Gasteiger charge is 2.08. The Kier molecular flexibility index (Phi) is 3.06. The number of ketones is 1. The van der Waals surface area contributed by atoms with Gasteiger partial charge in [-0.05, 0) is 19.1 Å². The second kappa shape index (κ2) is 3.92. The van der Waals surface area contributed by atoms with E-state index >= 15 is 0 Å². The van der Waals surface area contributed by atoms with Crippen LogP contribution in [0.15, 0.2) is 29.2 Å². The van der Waals surface area contributed by atoms with E-state index in [0.717, 1.165) is 6.26 Å². The monoisotopic (exact) mass is 211 g/mol. The number of hydrogen-bond acceptors (Lipinski definition) is 3. The van der Waals surface area contributed by atoms with Crippen molar-refractivity contribution >= 4 is 15.6 Å². The number of Topliss-reactive ketones (excluding diaryl/α,β-unsaturated/α-hetero) is 1. The SMILES string of the molecule is [CH2]CC(=O)c1ccc(S(C)(=O)=O)cc1. The fraction of sp³-hybridized carbons (Fsp3) is 0.200. The van der Waals surface area contributed by atoms with Gasteiger partial charge in [-0.15, -0.1) is 0 Å². The van der Waals surface area contributed by atoms with Crippen molar-refractivity contribution in [1.82, 2.24) is 0 Å². The highest BCUT2D eigenvalue weighted by molar-refractivity contribution is 7.90. The van der Waals surface area contributed by atoms with Gasteiger partial charge >= 0.3 is 0 Å². The topological polar surface area (TPSA) is 51.2 Å². The Hall–Kier alpha value is -1.16. The normalized spacial score (nSPS) is 11.3. The third-order valence-corrected chi connectivity index (χ3v) is 2.96. The van der Waals surface area contributed by atoms with Crippen LogP contribution < -0.4 is 0 Å². The third-order valence-electron chi connectivity index (χ3n) is 1.83. The smallest absolute Gasteiger partial charge is 0.175 e. The standard InChI is InChI=1S/C10H11O3S/c1-3-10(11)8-4-6-9(7-5-8)14(2,12)13/h4-7H,1,3H2,2H3. The highest BCUT2D eigenvalue weighted by Crippen LogP contribution is 2.11. The van der Waals surface area contributed by atoms with Crippen molar-refractivity contribution in [1.29, 1.82) is 0 Å². The van der Waals surface area contributed by atoms with Crippen molar-refractivity contribution < 1.29 is 13.2 Å². The molecule has 0 fully saturated rings. The van der Waals surface area contributed by atoms with Gasteiger partial charge in [0.05, 0.1) is 4.90 Å². The van der Waals surface area contributed by atoms with E-state index in [2.05, 4.69) is 6.92 Å². The molecule has 0 unspecified atom stereocenters. The van der Waals surface area contributed by atoms with Crippen LogP contribution in [0, 0.1) is 6.92 Å². The summed E-state index contributed by atoms with van der Waals surface area (Å²) in [6.45, 7) is 3.47. The first-order valence-corrected chi connectivity index (χ1v) is 5.97. The number of carbonyl (C=O) groups excluding carboxylic acids is 1. The van der Waals surface area contributed by atoms with E-state index in [1.54, 1.807) is 0 Å². The molecule has 14 heavy (non-hydrogen) atoms. The van der Waals surface area contributed by atoms with Crippen molar-refractivity contribution in [3.8, 4) is 0 Å². The third kappa shape index (κ3) is 2.42. The fourth-order valence-electron chi connectivity index (χ4n) is 1.03. The Balaban J connectivity index is 3.07. The Labute approximate surface area is 83.7 Å². The maximum atomic E-state index is 11.2. The molecule has 0 heterocycles. The predicted octanol–water partition coefficient (Wildman–Crippen LogP) is 1.50. The number of hydrogen-bond donors (Lipinski definition) is 0. The highest BCUT2D eigenvalue weighted by atomic mass is 32.2. The number of benzene rings is 1. The lowest BCUT2D eigenvalue weighted by Crippen LogP contribution is -2.00. The predicted molar refractivity (Wildman–Crippen MR) is 53.9 cm³/mol. The van der Waals surface area contributed by atoms with Crippen molar-refractivity contribution in [2.45, 2.75) is 11.3 Å². The summed E-state index contributed by atoms with van der Waals surface area (Å²) in [7, 11) is -3.18. The van der Waals surface area contributed by atoms with Crippen LogP contribution in [0.4, 0.5) is 0 Å². The summed E-state index contributed by atoms with van der Waals surface area (Å²) in [4.78, 5) is 11.4. The minimum Gasteiger partial charge on any atom is -0.294 e. The first-order valence-electron chi connectivity index (χ1n) is 4.07. The first kappa shape index (κ1) is 10.9. The van der Waals surface area contributed by atoms with Gasteiger partial charge in [-0.2, -0.15) is 0 Å². The molecule has 1 radical (unpaired) electrons. The van der Waals surface area contributed by atoms with Gasteiger partial charge in [0.1, 0.15) is 0 Å². The van der Waals surface area contributed by atoms with Gasteiger partial charge in [0.15, 0.2) is 15.6 Å². The second-order valence-corrected chi connectivity index (χ2v) is 4.99. The molecular weight excluding hydrogens is 200 g/mol. The summed E-state index contributed by atoms with van der Waals surface area (Å²) in [6.07, 6.45) is 1.31. The maximum absolute atomic E-state index is 11.2. The average Bonchev–Trinajstić information content (AvgIpc) is 2.15. The number of carbonyl (C=O) groups is 1. The Bertz CT molecular complexity index is 429. The van der Waals surface area contributed by atoms with Crippen LogP contribution in [0.25, 0.3) is 0 Å². The molecule has 75 valence electrons. The van der Waals surface area contributed by atoms with Crippen LogP contribution in [-0.2, 0) is 9.84 Å². The van der Waals surface area contributed by atoms with Crippen LogP contribution in [0.3, 0.4) is 0 Å². The van der Waals surface area contributed by atoms with Gasteiger partial charge in [-0.1, -0.05) is 12.1 Å². The molecule has 0 saturated heterocycles. The van der Waals surface area contributed by atoms with Gasteiger partial charge in [-0.3, -0.25) is 4.79 Å². The molecule has 0 aliphatic carbocycles. The molecule has 1 aromatic rings. The van der Waals surface area contributed by atoms with Gasteiger partial charge in [-0.25, -0.2) is 8.42 Å². The molecule has 0 spiro atoms. The van der Waals surface area contributed by atoms with E-state index in [1.165, 1.54) is 24.3 Å². The Morgan fingerprint density at radius 3 is 2.14 bits per heavy atom. The van der Waals surface area contributed by atoms with Crippen molar-refractivity contribution in [3.63, 3.8) is 0 Å². The lowest BCUT2D eigenvalue weighted by Gasteiger charge is -2.00. The minimum absolute atomic E-state index is 0.0925. The Morgan fingerprint density at radius 1 is 1.29 bits per heavy atom. The molecule has 0 amide bonds. The summed E-state index contributed by atoms with van der Waals surface area (Å²) < 4.78 is 22.2. The largest absolute Gasteiger partial charge is 0.294 e. The van der Waals surface area contributed by atoms with E-state index in [4.69, 9.17) is 0 Å². The molecule has 0 aliphatic heterocycles. The van der Waals surface area contributed by atoms with Crippen LogP contribution in [-0.4, -0.2) is 20.5 Å². The zero-order valence-electron chi connectivity index (χ0n) is 7.86. The molecule has 0 aliphatic rings. The summed E-state index contributed by atoms with van der Waals surface area (Å²) >= 11 is 0. The molecular formula is C10H11O3S. The van der Waals surface area contributed by atoms with Gasteiger partial charge in [0.25, 0.3) is 0 Å². The summed E-state index contributed by atoms with van der Waals surface area (Å²) in [6, 6.07) is 5.87. The molecule has 0 N–H and O–H groups in total. The molecule has 0 bridgehead atoms. The van der Waals surface area contributed by atoms with Gasteiger partial charge in [0.2, 0.25) is 0 Å². The lowest BCUT2D eigenvalue weighted by molar-refractivity contribution is 0.0995. The molecule has 3 nitrogen and oxygen atoms in total. The van der Waals surface area contributed by atoms with Crippen molar-refractivity contribution in [3.05, 3.63) is 36.8 Å². The minimum atomic E-state index is -3.18. The number of sulfone groups is 1. The maximum Gasteiger partial charge on any atom is 0.175 e. The molecule has 0 saturated carbocycles. The zero-order valence-corrected chi connectivity index (χ0v) is 8.67. The summed E-state index contributed by atoms with van der Waals surface area (Å²) in [5, 5.41) is 0. The van der Waals surface area contributed by atoms with E-state index in [0.29, 0.717) is 5.56 Å². The van der Waals surface area contributed by atoms with E-state index in [1.807, 2.05) is 0 Å². The van der Waals surface area contributed by atoms with Gasteiger partial charge in [0, 0.05) is 18.2 Å². The molecule has 4 heteroatoms. The zero-order chi connectivity index (χ0) is 10.8. The van der Waals surface area contributed by atoms with E-state index in [-0.39, 0.29) is 17.1 Å².